The molecule has 2 radical (unpaired) electrons. The maximum absolute atomic E-state index is 4.55. The van der Waals surface area contributed by atoms with Gasteiger partial charge in [0.15, 0.2) is 0 Å². The van der Waals surface area contributed by atoms with Crippen LogP contribution in [-0.2, 0) is 29.5 Å². The van der Waals surface area contributed by atoms with E-state index in [1.54, 1.807) is 0 Å². The Kier molecular flexibility index (Phi) is 6.44. The van der Waals surface area contributed by atoms with E-state index in [9.17, 15) is 0 Å². The minimum absolute atomic E-state index is 0. The zero-order valence-corrected chi connectivity index (χ0v) is 14.1. The third kappa shape index (κ3) is 4.87. The normalized spacial score (nSPS) is 15.5. The Labute approximate surface area is 138 Å². The average molecular weight is 322 g/mol. The van der Waals surface area contributed by atoms with Crippen molar-refractivity contribution in [1.82, 2.24) is 9.78 Å². The summed E-state index contributed by atoms with van der Waals surface area (Å²) < 4.78 is 1.95. The third-order valence-electron chi connectivity index (χ3n) is 3.16. The summed E-state index contributed by atoms with van der Waals surface area (Å²) in [5, 5.41) is 4.55. The number of rotatable bonds is 1. The maximum atomic E-state index is 4.55. The van der Waals surface area contributed by atoms with Gasteiger partial charge in [0.25, 0.3) is 0 Å². The fourth-order valence-electron chi connectivity index (χ4n) is 1.97. The zero-order valence-electron chi connectivity index (χ0n) is 13.0. The van der Waals surface area contributed by atoms with Gasteiger partial charge < -0.3 is 0 Å². The molecule has 0 saturated heterocycles. The monoisotopic (exact) mass is 322 g/mol. The van der Waals surface area contributed by atoms with E-state index in [-0.39, 0.29) is 22.5 Å². The molecule has 3 heteroatoms. The Bertz CT molecular complexity index is 571. The van der Waals surface area contributed by atoms with Gasteiger partial charge in [-0.15, -0.1) is 0 Å². The van der Waals surface area contributed by atoms with Crippen LogP contribution in [0.4, 0.5) is 0 Å². The molecule has 2 aliphatic rings. The molecule has 2 aliphatic carbocycles. The van der Waals surface area contributed by atoms with E-state index < -0.39 is 0 Å². The Balaban J connectivity index is 0.000000313. The first-order valence-electron chi connectivity index (χ1n) is 6.92. The van der Waals surface area contributed by atoms with Gasteiger partial charge in [-0.3, -0.25) is 4.68 Å². The van der Waals surface area contributed by atoms with Crippen molar-refractivity contribution in [2.75, 3.05) is 0 Å². The molecule has 0 fully saturated rings. The minimum atomic E-state index is 0. The smallest absolute Gasteiger partial charge is 0.0684 e. The Morgan fingerprint density at radius 1 is 0.952 bits per heavy atom. The summed E-state index contributed by atoms with van der Waals surface area (Å²) in [7, 11) is 2.00. The van der Waals surface area contributed by atoms with E-state index in [1.165, 1.54) is 11.3 Å². The van der Waals surface area contributed by atoms with Gasteiger partial charge in [0.05, 0.1) is 11.4 Å². The fourth-order valence-corrected chi connectivity index (χ4v) is 1.97. The molecule has 0 aliphatic heterocycles. The van der Waals surface area contributed by atoms with Crippen molar-refractivity contribution in [2.24, 2.45) is 7.05 Å². The first-order chi connectivity index (χ1) is 9.48. The van der Waals surface area contributed by atoms with Crippen LogP contribution in [0, 0.1) is 12.8 Å². The van der Waals surface area contributed by atoms with Crippen molar-refractivity contribution in [2.45, 2.75) is 26.2 Å². The van der Waals surface area contributed by atoms with Crippen LogP contribution >= 0.6 is 0 Å². The molecule has 0 unspecified atom stereocenters. The summed E-state index contributed by atoms with van der Waals surface area (Å²) in [6.07, 6.45) is 18.3. The molecule has 0 atom stereocenters. The van der Waals surface area contributed by atoms with Crippen molar-refractivity contribution < 1.29 is 17.1 Å². The molecule has 1 aromatic heterocycles. The topological polar surface area (TPSA) is 17.8 Å². The fraction of sp³-hybridized carbons (Fsp3) is 0.278. The molecule has 21 heavy (non-hydrogen) atoms. The molecule has 1 heterocycles. The van der Waals surface area contributed by atoms with Gasteiger partial charge in [-0.2, -0.15) is 5.10 Å². The second-order valence-corrected chi connectivity index (χ2v) is 5.92. The summed E-state index contributed by atoms with van der Waals surface area (Å²) in [5.74, 6) is 0. The average Bonchev–Trinajstić information content (AvgIpc) is 3.12. The van der Waals surface area contributed by atoms with Gasteiger partial charge in [0.1, 0.15) is 0 Å². The van der Waals surface area contributed by atoms with Crippen molar-refractivity contribution in [3.05, 3.63) is 72.8 Å². The van der Waals surface area contributed by atoms with E-state index >= 15 is 0 Å². The van der Waals surface area contributed by atoms with Gasteiger partial charge in [-0.25, -0.2) is 0 Å². The molecule has 0 amide bonds. The van der Waals surface area contributed by atoms with Crippen LogP contribution in [0.2, 0.25) is 0 Å². The van der Waals surface area contributed by atoms with Crippen LogP contribution in [0.15, 0.2) is 48.6 Å². The predicted molar refractivity (Wildman–Crippen MR) is 85.9 cm³/mol. The first kappa shape index (κ1) is 17.7. The van der Waals surface area contributed by atoms with Crippen molar-refractivity contribution in [1.29, 1.82) is 0 Å². The Morgan fingerprint density at radius 2 is 1.62 bits per heavy atom. The first-order valence-corrected chi connectivity index (χ1v) is 6.92. The summed E-state index contributed by atoms with van der Waals surface area (Å²) in [4.78, 5) is 0. The molecule has 1 aromatic rings. The van der Waals surface area contributed by atoms with Crippen molar-refractivity contribution >= 4 is 5.57 Å². The number of aromatic nitrogens is 2. The van der Waals surface area contributed by atoms with Crippen molar-refractivity contribution in [3.63, 3.8) is 0 Å². The van der Waals surface area contributed by atoms with Crippen LogP contribution < -0.4 is 0 Å². The van der Waals surface area contributed by atoms with Gasteiger partial charge in [-0.05, 0) is 11.6 Å². The second kappa shape index (κ2) is 7.63. The number of hydrogen-bond acceptors (Lipinski definition) is 1. The standard InChI is InChI=1S/C13H17N2.C5H5.Fe/c1-13(2,3)12-9-11(15(4)14-12)10-7-5-6-8-10;1-2-4-5-3-1;/h5-9H,1-4H3;1-5H;. The van der Waals surface area contributed by atoms with Crippen LogP contribution in [0.1, 0.15) is 32.2 Å². The third-order valence-corrected chi connectivity index (χ3v) is 3.16. The summed E-state index contributed by atoms with van der Waals surface area (Å²) in [6.45, 7) is 6.55. The number of hydrogen-bond donors (Lipinski definition) is 0. The molecule has 0 bridgehead atoms. The van der Waals surface area contributed by atoms with E-state index in [0.29, 0.717) is 0 Å². The molecular formula is C18H22FeN2. The predicted octanol–water partition coefficient (Wildman–Crippen LogP) is 4.19. The Hall–Kier alpha value is -1.31. The Morgan fingerprint density at radius 3 is 2.00 bits per heavy atom. The van der Waals surface area contributed by atoms with Crippen LogP contribution in [0.25, 0.3) is 5.57 Å². The van der Waals surface area contributed by atoms with Gasteiger partial charge in [-0.1, -0.05) is 63.3 Å². The molecule has 3 rings (SSSR count). The van der Waals surface area contributed by atoms with E-state index in [4.69, 9.17) is 0 Å². The van der Waals surface area contributed by atoms with Gasteiger partial charge in [0.2, 0.25) is 0 Å². The summed E-state index contributed by atoms with van der Waals surface area (Å²) in [5.41, 5.74) is 3.68. The van der Waals surface area contributed by atoms with Gasteiger partial charge in [0, 0.05) is 42.4 Å². The van der Waals surface area contributed by atoms with E-state index in [0.717, 1.165) is 5.69 Å². The number of nitrogens with zero attached hydrogens (tertiary/aromatic N) is 2. The quantitative estimate of drug-likeness (QED) is 0.709. The molecule has 0 N–H and O–H groups in total. The molecule has 0 spiro atoms. The summed E-state index contributed by atoms with van der Waals surface area (Å²) in [6, 6.07) is 2.18. The van der Waals surface area contributed by atoms with E-state index in [1.807, 2.05) is 42.5 Å². The largest absolute Gasteiger partial charge is 0.268 e. The van der Waals surface area contributed by atoms with Gasteiger partial charge >= 0.3 is 0 Å². The van der Waals surface area contributed by atoms with Crippen LogP contribution in [-0.4, -0.2) is 9.78 Å². The summed E-state index contributed by atoms with van der Waals surface area (Å²) >= 11 is 0. The molecule has 0 aromatic carbocycles. The molecule has 0 saturated carbocycles. The second-order valence-electron chi connectivity index (χ2n) is 5.92. The molecule has 2 nitrogen and oxygen atoms in total. The zero-order chi connectivity index (χ0) is 14.6. The van der Waals surface area contributed by atoms with E-state index in [2.05, 4.69) is 56.6 Å². The van der Waals surface area contributed by atoms with Crippen LogP contribution in [0.5, 0.6) is 0 Å². The maximum Gasteiger partial charge on any atom is 0.0684 e. The van der Waals surface area contributed by atoms with Crippen molar-refractivity contribution in [3.8, 4) is 0 Å². The van der Waals surface area contributed by atoms with Crippen LogP contribution in [0.3, 0.4) is 0 Å². The SMILES string of the molecule is Cn1nc(C(C)(C)C)cc1C1=C[CH]C=C1.[CH]1C=CC=C1.[Fe]. The minimum Gasteiger partial charge on any atom is -0.268 e. The molecule has 112 valence electrons. The number of allylic oxidation sites excluding steroid dienone is 8. The number of aryl methyl sites for hydroxylation is 1. The molecular weight excluding hydrogens is 300 g/mol.